The molecule has 0 fully saturated rings. The highest BCUT2D eigenvalue weighted by atomic mass is 14.6. The smallest absolute Gasteiger partial charge is 0.00412 e. The lowest BCUT2D eigenvalue weighted by molar-refractivity contribution is 0.282. The molecule has 0 amide bonds. The van der Waals surface area contributed by atoms with E-state index in [2.05, 4.69) is 34.6 Å². The Bertz CT molecular complexity index is 124. The van der Waals surface area contributed by atoms with Crippen molar-refractivity contribution in [1.29, 1.82) is 0 Å². The van der Waals surface area contributed by atoms with Crippen molar-refractivity contribution in [2.45, 2.75) is 66.3 Å². The Morgan fingerprint density at radius 3 is 2.15 bits per heavy atom. The van der Waals surface area contributed by atoms with Crippen LogP contribution >= 0.6 is 0 Å². The van der Waals surface area contributed by atoms with Crippen LogP contribution in [0, 0.1) is 11.3 Å². The van der Waals surface area contributed by atoms with E-state index in [1.54, 1.807) is 0 Å². The van der Waals surface area contributed by atoms with E-state index in [9.17, 15) is 0 Å². The van der Waals surface area contributed by atoms with Gasteiger partial charge in [0.25, 0.3) is 0 Å². The molecule has 0 rings (SSSR count). The maximum absolute atomic E-state index is 6.00. The van der Waals surface area contributed by atoms with E-state index in [-0.39, 0.29) is 0 Å². The molecule has 0 bridgehead atoms. The van der Waals surface area contributed by atoms with E-state index in [1.165, 1.54) is 25.7 Å². The normalized spacial score (nSPS) is 17.1. The lowest BCUT2D eigenvalue weighted by atomic mass is 9.82. The Kier molecular flexibility index (Phi) is 5.62. The molecule has 0 aromatic carbocycles. The van der Waals surface area contributed by atoms with E-state index in [4.69, 9.17) is 5.73 Å². The maximum atomic E-state index is 6.00. The molecule has 0 aliphatic rings. The van der Waals surface area contributed by atoms with E-state index in [1.807, 2.05) is 0 Å². The summed E-state index contributed by atoms with van der Waals surface area (Å²) in [5, 5.41) is 0. The van der Waals surface area contributed by atoms with Gasteiger partial charge in [-0.3, -0.25) is 0 Å². The third-order valence-corrected chi connectivity index (χ3v) is 2.33. The van der Waals surface area contributed by atoms with Crippen LogP contribution < -0.4 is 5.73 Å². The SMILES string of the molecule is CCCC(N)CC(C)CC(C)(C)C. The quantitative estimate of drug-likeness (QED) is 0.696. The third kappa shape index (κ3) is 8.29. The fourth-order valence-corrected chi connectivity index (χ4v) is 2.13. The first-order valence-electron chi connectivity index (χ1n) is 5.60. The van der Waals surface area contributed by atoms with Gasteiger partial charge in [-0.15, -0.1) is 0 Å². The molecule has 0 aromatic rings. The summed E-state index contributed by atoms with van der Waals surface area (Å²) < 4.78 is 0. The van der Waals surface area contributed by atoms with Gasteiger partial charge in [0, 0.05) is 6.04 Å². The first kappa shape index (κ1) is 13.0. The monoisotopic (exact) mass is 185 g/mol. The van der Waals surface area contributed by atoms with E-state index < -0.39 is 0 Å². The minimum atomic E-state index is 0.419. The van der Waals surface area contributed by atoms with Crippen LogP contribution in [0.4, 0.5) is 0 Å². The Labute approximate surface area is 84.1 Å². The van der Waals surface area contributed by atoms with Crippen molar-refractivity contribution < 1.29 is 0 Å². The number of hydrogen-bond donors (Lipinski definition) is 1. The minimum Gasteiger partial charge on any atom is -0.328 e. The number of rotatable bonds is 5. The van der Waals surface area contributed by atoms with Crippen molar-refractivity contribution in [3.8, 4) is 0 Å². The lowest BCUT2D eigenvalue weighted by Crippen LogP contribution is -2.24. The summed E-state index contributed by atoms with van der Waals surface area (Å²) >= 11 is 0. The molecular formula is C12H27N. The molecule has 0 aromatic heterocycles. The van der Waals surface area contributed by atoms with Crippen molar-refractivity contribution in [1.82, 2.24) is 0 Å². The van der Waals surface area contributed by atoms with Gasteiger partial charge in [0.1, 0.15) is 0 Å². The molecule has 1 heteroatoms. The molecule has 0 saturated heterocycles. The van der Waals surface area contributed by atoms with Gasteiger partial charge in [0.2, 0.25) is 0 Å². The Morgan fingerprint density at radius 2 is 1.77 bits per heavy atom. The highest BCUT2D eigenvalue weighted by molar-refractivity contribution is 4.71. The molecule has 1 nitrogen and oxygen atoms in total. The average Bonchev–Trinajstić information content (AvgIpc) is 1.81. The van der Waals surface area contributed by atoms with Gasteiger partial charge < -0.3 is 5.73 Å². The molecule has 0 radical (unpaired) electrons. The fourth-order valence-electron chi connectivity index (χ4n) is 2.13. The molecule has 0 aliphatic heterocycles. The molecule has 13 heavy (non-hydrogen) atoms. The molecule has 2 N–H and O–H groups in total. The predicted molar refractivity (Wildman–Crippen MR) is 60.7 cm³/mol. The van der Waals surface area contributed by atoms with Crippen LogP contribution in [-0.2, 0) is 0 Å². The van der Waals surface area contributed by atoms with E-state index >= 15 is 0 Å². The van der Waals surface area contributed by atoms with Crippen LogP contribution in [0.3, 0.4) is 0 Å². The molecular weight excluding hydrogens is 158 g/mol. The van der Waals surface area contributed by atoms with Gasteiger partial charge in [-0.1, -0.05) is 41.0 Å². The third-order valence-electron chi connectivity index (χ3n) is 2.33. The second kappa shape index (κ2) is 5.64. The van der Waals surface area contributed by atoms with Gasteiger partial charge in [-0.25, -0.2) is 0 Å². The summed E-state index contributed by atoms with van der Waals surface area (Å²) in [5.41, 5.74) is 6.45. The van der Waals surface area contributed by atoms with Crippen LogP contribution in [0.1, 0.15) is 60.3 Å². The maximum Gasteiger partial charge on any atom is 0.00412 e. The molecule has 2 atom stereocenters. The summed E-state index contributed by atoms with van der Waals surface area (Å²) in [6, 6.07) is 0.419. The zero-order chi connectivity index (χ0) is 10.5. The summed E-state index contributed by atoms with van der Waals surface area (Å²) in [4.78, 5) is 0. The number of hydrogen-bond acceptors (Lipinski definition) is 1. The fraction of sp³-hybridized carbons (Fsp3) is 1.00. The van der Waals surface area contributed by atoms with Gasteiger partial charge in [-0.05, 0) is 30.6 Å². The number of nitrogens with two attached hydrogens (primary N) is 1. The zero-order valence-corrected chi connectivity index (χ0v) is 10.1. The largest absolute Gasteiger partial charge is 0.328 e. The summed E-state index contributed by atoms with van der Waals surface area (Å²) in [7, 11) is 0. The standard InChI is InChI=1S/C12H27N/c1-6-7-11(13)8-10(2)9-12(3,4)5/h10-11H,6-9,13H2,1-5H3. The van der Waals surface area contributed by atoms with Crippen molar-refractivity contribution in [2.24, 2.45) is 17.1 Å². The predicted octanol–water partition coefficient (Wildman–Crippen LogP) is 3.58. The van der Waals surface area contributed by atoms with Crippen LogP contribution in [0.25, 0.3) is 0 Å². The van der Waals surface area contributed by atoms with Crippen LogP contribution in [0.5, 0.6) is 0 Å². The van der Waals surface area contributed by atoms with E-state index in [0.717, 1.165) is 5.92 Å². The topological polar surface area (TPSA) is 26.0 Å². The van der Waals surface area contributed by atoms with Gasteiger partial charge in [-0.2, -0.15) is 0 Å². The summed E-state index contributed by atoms with van der Waals surface area (Å²) in [6.45, 7) is 11.4. The van der Waals surface area contributed by atoms with Crippen LogP contribution in [0.15, 0.2) is 0 Å². The van der Waals surface area contributed by atoms with Crippen molar-refractivity contribution in [3.63, 3.8) is 0 Å². The van der Waals surface area contributed by atoms with Crippen molar-refractivity contribution >= 4 is 0 Å². The first-order chi connectivity index (χ1) is 5.85. The Hall–Kier alpha value is -0.0400. The molecule has 0 aliphatic carbocycles. The molecule has 0 saturated carbocycles. The minimum absolute atomic E-state index is 0.419. The zero-order valence-electron chi connectivity index (χ0n) is 10.1. The molecule has 0 heterocycles. The highest BCUT2D eigenvalue weighted by Crippen LogP contribution is 2.26. The Morgan fingerprint density at radius 1 is 1.23 bits per heavy atom. The second-order valence-electron chi connectivity index (χ2n) is 5.65. The average molecular weight is 185 g/mol. The van der Waals surface area contributed by atoms with Crippen molar-refractivity contribution in [2.75, 3.05) is 0 Å². The van der Waals surface area contributed by atoms with Crippen LogP contribution in [0.2, 0.25) is 0 Å². The second-order valence-corrected chi connectivity index (χ2v) is 5.65. The molecule has 0 spiro atoms. The molecule has 80 valence electrons. The summed E-state index contributed by atoms with van der Waals surface area (Å²) in [6.07, 6.45) is 4.85. The lowest BCUT2D eigenvalue weighted by Gasteiger charge is -2.25. The van der Waals surface area contributed by atoms with Gasteiger partial charge in [0.05, 0.1) is 0 Å². The van der Waals surface area contributed by atoms with E-state index in [0.29, 0.717) is 11.5 Å². The van der Waals surface area contributed by atoms with Gasteiger partial charge in [0.15, 0.2) is 0 Å². The van der Waals surface area contributed by atoms with Crippen LogP contribution in [-0.4, -0.2) is 6.04 Å². The van der Waals surface area contributed by atoms with Crippen molar-refractivity contribution in [3.05, 3.63) is 0 Å². The van der Waals surface area contributed by atoms with Gasteiger partial charge >= 0.3 is 0 Å². The highest BCUT2D eigenvalue weighted by Gasteiger charge is 2.16. The Balaban J connectivity index is 3.67. The molecule has 2 unspecified atom stereocenters. The first-order valence-corrected chi connectivity index (χ1v) is 5.60. The summed E-state index contributed by atoms with van der Waals surface area (Å²) in [5.74, 6) is 0.765.